The monoisotopic (exact) mass is 367 g/mol. The Balaban J connectivity index is 2.98. The van der Waals surface area contributed by atoms with Crippen LogP contribution in [0.1, 0.15) is 59.6 Å². The molecule has 0 saturated heterocycles. The van der Waals surface area contributed by atoms with Gasteiger partial charge in [0, 0.05) is 12.2 Å². The van der Waals surface area contributed by atoms with Crippen LogP contribution in [0, 0.1) is 0 Å². The van der Waals surface area contributed by atoms with Gasteiger partial charge in [-0.25, -0.2) is 9.59 Å². The summed E-state index contributed by atoms with van der Waals surface area (Å²) < 4.78 is 15.7. The highest BCUT2D eigenvalue weighted by Gasteiger charge is 2.24. The van der Waals surface area contributed by atoms with Crippen molar-refractivity contribution in [2.45, 2.75) is 65.2 Å². The molecule has 2 N–H and O–H groups in total. The number of carbonyl (C=O) groups is 2. The first-order chi connectivity index (χ1) is 11.9. The van der Waals surface area contributed by atoms with Crippen molar-refractivity contribution in [3.8, 4) is 5.75 Å². The summed E-state index contributed by atoms with van der Waals surface area (Å²) in [6.45, 7) is 10.3. The first kappa shape index (κ1) is 21.8. The van der Waals surface area contributed by atoms with Gasteiger partial charge in [-0.15, -0.1) is 0 Å². The van der Waals surface area contributed by atoms with Gasteiger partial charge in [-0.1, -0.05) is 18.2 Å². The number of ether oxygens (including phenoxy) is 3. The van der Waals surface area contributed by atoms with Crippen molar-refractivity contribution in [3.05, 3.63) is 29.8 Å². The number of alkyl carbamates (subject to hydrolysis) is 1. The predicted molar refractivity (Wildman–Crippen MR) is 97.1 cm³/mol. The van der Waals surface area contributed by atoms with Crippen molar-refractivity contribution in [2.75, 3.05) is 6.61 Å². The average molecular weight is 367 g/mol. The third-order valence-electron chi connectivity index (χ3n) is 2.99. The lowest BCUT2D eigenvalue weighted by molar-refractivity contribution is 0.0203. The number of carbonyl (C=O) groups excluding carboxylic acids is 2. The van der Waals surface area contributed by atoms with Gasteiger partial charge < -0.3 is 24.6 Å². The lowest BCUT2D eigenvalue weighted by Gasteiger charge is -2.25. The maximum atomic E-state index is 12.1. The first-order valence-electron chi connectivity index (χ1n) is 8.51. The molecule has 0 heterocycles. The van der Waals surface area contributed by atoms with Crippen LogP contribution in [-0.4, -0.2) is 35.2 Å². The maximum Gasteiger partial charge on any atom is 0.514 e. The minimum Gasteiger partial charge on any atom is -0.444 e. The van der Waals surface area contributed by atoms with Gasteiger partial charge in [0.15, 0.2) is 0 Å². The second kappa shape index (κ2) is 8.89. The summed E-state index contributed by atoms with van der Waals surface area (Å²) in [6, 6.07) is 6.16. The van der Waals surface area contributed by atoms with Crippen LogP contribution in [0.2, 0.25) is 0 Å². The summed E-state index contributed by atoms with van der Waals surface area (Å²) in [5.74, 6) is 0.247. The molecule has 0 bridgehead atoms. The summed E-state index contributed by atoms with van der Waals surface area (Å²) >= 11 is 0. The van der Waals surface area contributed by atoms with E-state index in [1.54, 1.807) is 65.8 Å². The SMILES string of the molecule is CC(C)(C)OC(=O)N[C@@H](CCO)c1ccccc1OC(=O)OC(C)(C)C. The fourth-order valence-corrected chi connectivity index (χ4v) is 2.11. The van der Waals surface area contributed by atoms with Gasteiger partial charge in [0.2, 0.25) is 0 Å². The Labute approximate surface area is 154 Å². The van der Waals surface area contributed by atoms with Crippen molar-refractivity contribution in [2.24, 2.45) is 0 Å². The molecule has 0 unspecified atom stereocenters. The van der Waals surface area contributed by atoms with E-state index in [1.165, 1.54) is 0 Å². The molecule has 1 aromatic rings. The van der Waals surface area contributed by atoms with Crippen LogP contribution in [0.5, 0.6) is 5.75 Å². The van der Waals surface area contributed by atoms with Crippen molar-refractivity contribution >= 4 is 12.2 Å². The molecular weight excluding hydrogens is 338 g/mol. The minimum absolute atomic E-state index is 0.165. The summed E-state index contributed by atoms with van der Waals surface area (Å²) in [4.78, 5) is 24.1. The molecule has 0 spiro atoms. The van der Waals surface area contributed by atoms with Crippen molar-refractivity contribution in [3.63, 3.8) is 0 Å². The Bertz CT molecular complexity index is 615. The minimum atomic E-state index is -0.843. The lowest BCUT2D eigenvalue weighted by atomic mass is 10.0. The molecule has 1 aromatic carbocycles. The van der Waals surface area contributed by atoms with Gasteiger partial charge >= 0.3 is 12.2 Å². The second-order valence-electron chi connectivity index (χ2n) is 7.82. The van der Waals surface area contributed by atoms with Crippen LogP contribution in [0.25, 0.3) is 0 Å². The van der Waals surface area contributed by atoms with Crippen molar-refractivity contribution in [1.29, 1.82) is 0 Å². The van der Waals surface area contributed by atoms with Crippen LogP contribution in [-0.2, 0) is 9.47 Å². The number of hydrogen-bond donors (Lipinski definition) is 2. The van der Waals surface area contributed by atoms with E-state index in [0.717, 1.165) is 0 Å². The lowest BCUT2D eigenvalue weighted by Crippen LogP contribution is -2.35. The van der Waals surface area contributed by atoms with E-state index in [1.807, 2.05) is 0 Å². The third kappa shape index (κ3) is 8.20. The Kier molecular flexibility index (Phi) is 7.44. The molecule has 1 amide bonds. The van der Waals surface area contributed by atoms with Crippen molar-refractivity contribution in [1.82, 2.24) is 5.32 Å². The van der Waals surface area contributed by atoms with Crippen molar-refractivity contribution < 1.29 is 28.9 Å². The van der Waals surface area contributed by atoms with E-state index >= 15 is 0 Å². The number of rotatable bonds is 5. The van der Waals surface area contributed by atoms with E-state index in [-0.39, 0.29) is 18.8 Å². The van der Waals surface area contributed by atoms with Crippen LogP contribution in [0.4, 0.5) is 9.59 Å². The zero-order chi connectivity index (χ0) is 20.0. The Morgan fingerprint density at radius 3 is 2.15 bits per heavy atom. The van der Waals surface area contributed by atoms with Crippen LogP contribution < -0.4 is 10.1 Å². The van der Waals surface area contributed by atoms with E-state index in [9.17, 15) is 14.7 Å². The van der Waals surface area contributed by atoms with Gasteiger partial charge in [0.25, 0.3) is 0 Å². The van der Waals surface area contributed by atoms with E-state index in [4.69, 9.17) is 14.2 Å². The molecular formula is C19H29NO6. The van der Waals surface area contributed by atoms with Gasteiger partial charge in [-0.3, -0.25) is 0 Å². The zero-order valence-electron chi connectivity index (χ0n) is 16.3. The Morgan fingerprint density at radius 2 is 1.62 bits per heavy atom. The molecule has 26 heavy (non-hydrogen) atoms. The molecule has 0 aliphatic carbocycles. The largest absolute Gasteiger partial charge is 0.514 e. The summed E-state index contributed by atoms with van der Waals surface area (Å²) in [5, 5.41) is 12.0. The highest BCUT2D eigenvalue weighted by atomic mass is 16.7. The maximum absolute atomic E-state index is 12.1. The topological polar surface area (TPSA) is 94.1 Å². The van der Waals surface area contributed by atoms with E-state index in [0.29, 0.717) is 5.56 Å². The average Bonchev–Trinajstić information content (AvgIpc) is 2.43. The highest BCUT2D eigenvalue weighted by Crippen LogP contribution is 2.28. The smallest absolute Gasteiger partial charge is 0.444 e. The van der Waals surface area contributed by atoms with Gasteiger partial charge in [0.1, 0.15) is 17.0 Å². The fourth-order valence-electron chi connectivity index (χ4n) is 2.11. The van der Waals surface area contributed by atoms with E-state index in [2.05, 4.69) is 5.32 Å². The molecule has 1 atom stereocenters. The van der Waals surface area contributed by atoms with Gasteiger partial charge in [-0.2, -0.15) is 0 Å². The standard InChI is InChI=1S/C19H29NO6/c1-18(2,3)25-16(22)20-14(11-12-21)13-9-7-8-10-15(13)24-17(23)26-19(4,5)6/h7-10,14,21H,11-12H2,1-6H3,(H,20,22)/t14-/m0/s1. The number of amides is 1. The molecule has 0 aromatic heterocycles. The Hall–Kier alpha value is -2.28. The summed E-state index contributed by atoms with van der Waals surface area (Å²) in [5.41, 5.74) is -0.802. The zero-order valence-corrected chi connectivity index (χ0v) is 16.3. The van der Waals surface area contributed by atoms with Crippen LogP contribution >= 0.6 is 0 Å². The fraction of sp³-hybridized carbons (Fsp3) is 0.579. The van der Waals surface area contributed by atoms with Gasteiger partial charge in [0.05, 0.1) is 6.04 Å². The number of para-hydroxylation sites is 1. The third-order valence-corrected chi connectivity index (χ3v) is 2.99. The molecule has 0 aliphatic heterocycles. The molecule has 0 fully saturated rings. The number of aliphatic hydroxyl groups is 1. The number of nitrogens with one attached hydrogen (secondary N) is 1. The Morgan fingerprint density at radius 1 is 1.04 bits per heavy atom. The van der Waals surface area contributed by atoms with Crippen LogP contribution in [0.15, 0.2) is 24.3 Å². The normalized spacial score (nSPS) is 12.9. The second-order valence-corrected chi connectivity index (χ2v) is 7.82. The number of benzene rings is 1. The molecule has 1 rings (SSSR count). The van der Waals surface area contributed by atoms with Gasteiger partial charge in [-0.05, 0) is 54.0 Å². The number of aliphatic hydroxyl groups excluding tert-OH is 1. The molecule has 7 nitrogen and oxygen atoms in total. The molecule has 0 saturated carbocycles. The summed E-state index contributed by atoms with van der Waals surface area (Å²) in [7, 11) is 0. The van der Waals surface area contributed by atoms with Crippen LogP contribution in [0.3, 0.4) is 0 Å². The van der Waals surface area contributed by atoms with E-state index < -0.39 is 29.5 Å². The number of hydrogen-bond acceptors (Lipinski definition) is 6. The summed E-state index contributed by atoms with van der Waals surface area (Å²) in [6.07, 6.45) is -1.23. The quantitative estimate of drug-likeness (QED) is 0.604. The molecule has 7 heteroatoms. The molecule has 0 aliphatic rings. The molecule has 146 valence electrons. The molecule has 0 radical (unpaired) electrons. The highest BCUT2D eigenvalue weighted by molar-refractivity contribution is 5.69. The predicted octanol–water partition coefficient (Wildman–Crippen LogP) is 3.95. The first-order valence-corrected chi connectivity index (χ1v) is 8.51.